The zero-order chi connectivity index (χ0) is 27.9. The number of nitrogens with one attached hydrogen (secondary N) is 2. The highest BCUT2D eigenvalue weighted by atomic mass is 35.5. The molecule has 0 radical (unpaired) electrons. The van der Waals surface area contributed by atoms with Gasteiger partial charge in [-0.05, 0) is 71.1 Å². The van der Waals surface area contributed by atoms with Gasteiger partial charge in [-0.25, -0.2) is 0 Å². The summed E-state index contributed by atoms with van der Waals surface area (Å²) >= 11 is 6.61. The number of hydrogen-bond acceptors (Lipinski definition) is 4. The van der Waals surface area contributed by atoms with Gasteiger partial charge in [0.25, 0.3) is 5.91 Å². The largest absolute Gasteiger partial charge is 0.490 e. The van der Waals surface area contributed by atoms with Crippen molar-refractivity contribution in [2.75, 3.05) is 13.2 Å². The molecule has 0 saturated heterocycles. The number of fused-ring (bicyclic) bond motifs is 2. The molecule has 0 atom stereocenters. The Hall–Kier alpha value is -4.73. The fourth-order valence-electron chi connectivity index (χ4n) is 4.62. The first-order valence-corrected chi connectivity index (χ1v) is 13.5. The van der Waals surface area contributed by atoms with Crippen LogP contribution >= 0.6 is 11.6 Å². The zero-order valence-electron chi connectivity index (χ0n) is 22.0. The van der Waals surface area contributed by atoms with E-state index >= 15 is 0 Å². The van der Waals surface area contributed by atoms with Gasteiger partial charge < -0.3 is 19.8 Å². The number of benzene rings is 4. The summed E-state index contributed by atoms with van der Waals surface area (Å²) in [6.07, 6.45) is 4.08. The standard InChI is InChI=1S/C33H28ClN3O3/c1-2-39-31-18-23(17-29(34)32(31)40-21-22-11-12-24-7-3-4-8-25(24)15-22)16-27(19-35)33(38)36-14-13-26-20-37-30-10-6-5-9-28(26)30/h3-12,15-18,20,37H,2,13-14,21H2,1H3,(H,36,38)/b27-16-. The molecule has 0 bridgehead atoms. The van der Waals surface area contributed by atoms with Crippen molar-refractivity contribution in [3.05, 3.63) is 112 Å². The summed E-state index contributed by atoms with van der Waals surface area (Å²) in [5, 5.41) is 16.3. The molecule has 0 unspecified atom stereocenters. The molecule has 0 aliphatic rings. The lowest BCUT2D eigenvalue weighted by molar-refractivity contribution is -0.117. The first-order valence-electron chi connectivity index (χ1n) is 13.1. The molecule has 40 heavy (non-hydrogen) atoms. The molecule has 0 aliphatic heterocycles. The molecule has 1 aromatic heterocycles. The van der Waals surface area contributed by atoms with Crippen molar-refractivity contribution in [3.8, 4) is 17.6 Å². The van der Waals surface area contributed by atoms with E-state index in [1.54, 1.807) is 12.1 Å². The van der Waals surface area contributed by atoms with Crippen LogP contribution in [-0.4, -0.2) is 24.0 Å². The average molecular weight is 550 g/mol. The number of nitrogens with zero attached hydrogens (tertiary/aromatic N) is 1. The highest BCUT2D eigenvalue weighted by molar-refractivity contribution is 6.32. The fourth-order valence-corrected chi connectivity index (χ4v) is 4.89. The van der Waals surface area contributed by atoms with Gasteiger partial charge in [-0.3, -0.25) is 4.79 Å². The molecule has 1 heterocycles. The predicted octanol–water partition coefficient (Wildman–Crippen LogP) is 7.22. The van der Waals surface area contributed by atoms with Crippen LogP contribution in [0.25, 0.3) is 27.8 Å². The number of rotatable bonds is 10. The first kappa shape index (κ1) is 26.9. The third kappa shape index (κ3) is 6.12. The number of hydrogen-bond donors (Lipinski definition) is 2. The second-order valence-electron chi connectivity index (χ2n) is 9.27. The molecule has 5 aromatic rings. The molecule has 0 fully saturated rings. The van der Waals surface area contributed by atoms with Crippen molar-refractivity contribution in [3.63, 3.8) is 0 Å². The van der Waals surface area contributed by atoms with E-state index in [1.165, 1.54) is 6.08 Å². The Kier molecular flexibility index (Phi) is 8.34. The number of aromatic nitrogens is 1. The van der Waals surface area contributed by atoms with Crippen LogP contribution in [-0.2, 0) is 17.8 Å². The van der Waals surface area contributed by atoms with Crippen LogP contribution in [0.5, 0.6) is 11.5 Å². The number of amides is 1. The van der Waals surface area contributed by atoms with Crippen LogP contribution < -0.4 is 14.8 Å². The van der Waals surface area contributed by atoms with Crippen molar-refractivity contribution in [1.29, 1.82) is 5.26 Å². The van der Waals surface area contributed by atoms with Gasteiger partial charge in [0.2, 0.25) is 0 Å². The molecule has 6 nitrogen and oxygen atoms in total. The van der Waals surface area contributed by atoms with Crippen molar-refractivity contribution in [2.45, 2.75) is 20.0 Å². The van der Waals surface area contributed by atoms with E-state index in [1.807, 2.05) is 61.7 Å². The van der Waals surface area contributed by atoms with Gasteiger partial charge >= 0.3 is 0 Å². The molecule has 0 spiro atoms. The molecule has 0 aliphatic carbocycles. The molecule has 4 aromatic carbocycles. The topological polar surface area (TPSA) is 87.1 Å². The van der Waals surface area contributed by atoms with Gasteiger partial charge in [0.1, 0.15) is 18.2 Å². The van der Waals surface area contributed by atoms with Crippen LogP contribution in [0, 0.1) is 11.3 Å². The molecular formula is C33H28ClN3O3. The van der Waals surface area contributed by atoms with E-state index in [0.717, 1.165) is 32.8 Å². The summed E-state index contributed by atoms with van der Waals surface area (Å²) in [7, 11) is 0. The maximum atomic E-state index is 12.8. The van der Waals surface area contributed by atoms with Gasteiger partial charge in [-0.15, -0.1) is 0 Å². The molecule has 200 valence electrons. The van der Waals surface area contributed by atoms with E-state index < -0.39 is 5.91 Å². The number of carbonyl (C=O) groups excluding carboxylic acids is 1. The summed E-state index contributed by atoms with van der Waals surface area (Å²) in [5.74, 6) is 0.405. The molecule has 1 amide bonds. The predicted molar refractivity (Wildman–Crippen MR) is 160 cm³/mol. The highest BCUT2D eigenvalue weighted by Crippen LogP contribution is 2.38. The minimum Gasteiger partial charge on any atom is -0.490 e. The second kappa shape index (κ2) is 12.4. The monoisotopic (exact) mass is 549 g/mol. The Bertz CT molecular complexity index is 1750. The third-order valence-corrected chi connectivity index (χ3v) is 6.84. The van der Waals surface area contributed by atoms with Crippen molar-refractivity contribution < 1.29 is 14.3 Å². The van der Waals surface area contributed by atoms with E-state index in [-0.39, 0.29) is 5.57 Å². The number of carbonyl (C=O) groups is 1. The minimum atomic E-state index is -0.451. The van der Waals surface area contributed by atoms with Gasteiger partial charge in [0.15, 0.2) is 11.5 Å². The Morgan fingerprint density at radius 2 is 1.82 bits per heavy atom. The van der Waals surface area contributed by atoms with Gasteiger partial charge in [-0.2, -0.15) is 5.26 Å². The van der Waals surface area contributed by atoms with Crippen LogP contribution in [0.3, 0.4) is 0 Å². The molecule has 5 rings (SSSR count). The number of aromatic amines is 1. The van der Waals surface area contributed by atoms with E-state index in [2.05, 4.69) is 34.6 Å². The fraction of sp³-hybridized carbons (Fsp3) is 0.152. The Morgan fingerprint density at radius 3 is 2.65 bits per heavy atom. The van der Waals surface area contributed by atoms with E-state index in [4.69, 9.17) is 21.1 Å². The summed E-state index contributed by atoms with van der Waals surface area (Å²) in [6, 6.07) is 27.7. The van der Waals surface area contributed by atoms with Crippen LogP contribution in [0.1, 0.15) is 23.6 Å². The lowest BCUT2D eigenvalue weighted by Crippen LogP contribution is -2.26. The zero-order valence-corrected chi connectivity index (χ0v) is 22.8. The summed E-state index contributed by atoms with van der Waals surface area (Å²) in [5.41, 5.74) is 3.69. The second-order valence-corrected chi connectivity index (χ2v) is 9.68. The summed E-state index contributed by atoms with van der Waals surface area (Å²) in [6.45, 7) is 2.97. The molecular weight excluding hydrogens is 522 g/mol. The number of H-pyrrole nitrogens is 1. The van der Waals surface area contributed by atoms with Gasteiger partial charge in [-0.1, -0.05) is 66.2 Å². The molecule has 7 heteroatoms. The third-order valence-electron chi connectivity index (χ3n) is 6.56. The van der Waals surface area contributed by atoms with Gasteiger partial charge in [0, 0.05) is 23.6 Å². The summed E-state index contributed by atoms with van der Waals surface area (Å²) in [4.78, 5) is 16.0. The Balaban J connectivity index is 1.28. The maximum Gasteiger partial charge on any atom is 0.261 e. The number of ether oxygens (including phenoxy) is 2. The number of nitriles is 1. The SMILES string of the molecule is CCOc1cc(/C=C(/C#N)C(=O)NCCc2c[nH]c3ccccc23)cc(Cl)c1OCc1ccc2ccccc2c1. The lowest BCUT2D eigenvalue weighted by Gasteiger charge is -2.15. The molecule has 2 N–H and O–H groups in total. The Labute approximate surface area is 237 Å². The van der Waals surface area contributed by atoms with Crippen LogP contribution in [0.2, 0.25) is 5.02 Å². The van der Waals surface area contributed by atoms with Crippen LogP contribution in [0.4, 0.5) is 0 Å². The van der Waals surface area contributed by atoms with E-state index in [0.29, 0.717) is 48.3 Å². The maximum absolute atomic E-state index is 12.8. The first-order chi connectivity index (χ1) is 19.6. The normalized spacial score (nSPS) is 11.4. The van der Waals surface area contributed by atoms with Crippen molar-refractivity contribution >= 4 is 45.3 Å². The Morgan fingerprint density at radius 1 is 1.02 bits per heavy atom. The minimum absolute atomic E-state index is 0.0257. The summed E-state index contributed by atoms with van der Waals surface area (Å²) < 4.78 is 11.9. The van der Waals surface area contributed by atoms with Gasteiger partial charge in [0.05, 0.1) is 11.6 Å². The van der Waals surface area contributed by atoms with Crippen molar-refractivity contribution in [1.82, 2.24) is 10.3 Å². The van der Waals surface area contributed by atoms with Crippen molar-refractivity contribution in [2.24, 2.45) is 0 Å². The average Bonchev–Trinajstić information content (AvgIpc) is 3.38. The van der Waals surface area contributed by atoms with Crippen LogP contribution in [0.15, 0.2) is 90.6 Å². The number of para-hydroxylation sites is 1. The lowest BCUT2D eigenvalue weighted by atomic mass is 10.1. The number of halogens is 1. The molecule has 0 saturated carbocycles. The van der Waals surface area contributed by atoms with E-state index in [9.17, 15) is 10.1 Å². The quantitative estimate of drug-likeness (QED) is 0.142. The smallest absolute Gasteiger partial charge is 0.261 e. The highest BCUT2D eigenvalue weighted by Gasteiger charge is 2.15.